The Kier molecular flexibility index (Phi) is 9.71. The van der Waals surface area contributed by atoms with Gasteiger partial charge in [0.05, 0.1) is 28.0 Å². The molecular formula is C25H34O3P+. The number of methoxy groups -OCH3 is 3. The lowest BCUT2D eigenvalue weighted by Gasteiger charge is -2.23. The zero-order valence-electron chi connectivity index (χ0n) is 17.6. The van der Waals surface area contributed by atoms with Crippen molar-refractivity contribution in [1.29, 1.82) is 0 Å². The highest BCUT2D eigenvalue weighted by Gasteiger charge is 2.40. The van der Waals surface area contributed by atoms with Crippen LogP contribution in [0.25, 0.3) is 0 Å². The lowest BCUT2D eigenvalue weighted by atomic mass is 10.3. The van der Waals surface area contributed by atoms with Crippen LogP contribution in [0.15, 0.2) is 72.8 Å². The second kappa shape index (κ2) is 11.5. The molecule has 156 valence electrons. The van der Waals surface area contributed by atoms with E-state index < -0.39 is 7.26 Å². The van der Waals surface area contributed by atoms with Crippen molar-refractivity contribution in [2.75, 3.05) is 28.0 Å². The molecule has 0 aliphatic carbocycles. The van der Waals surface area contributed by atoms with Gasteiger partial charge in [0, 0.05) is 0 Å². The van der Waals surface area contributed by atoms with Gasteiger partial charge in [-0.1, -0.05) is 21.3 Å². The van der Waals surface area contributed by atoms with E-state index in [1.54, 1.807) is 21.3 Å². The van der Waals surface area contributed by atoms with Crippen LogP contribution in [-0.2, 0) is 0 Å². The molecule has 29 heavy (non-hydrogen) atoms. The van der Waals surface area contributed by atoms with Crippen LogP contribution in [0.5, 0.6) is 17.2 Å². The maximum absolute atomic E-state index is 5.33. The molecule has 0 saturated heterocycles. The molecule has 0 aliphatic rings. The Hall–Kier alpha value is -2.51. The molecule has 0 amide bonds. The summed E-state index contributed by atoms with van der Waals surface area (Å²) < 4.78 is 16.0. The summed E-state index contributed by atoms with van der Waals surface area (Å²) in [6.07, 6.45) is 0. The van der Waals surface area contributed by atoms with Gasteiger partial charge in [-0.05, 0) is 72.8 Å². The lowest BCUT2D eigenvalue weighted by Crippen LogP contribution is -2.30. The number of rotatable bonds is 6. The highest BCUT2D eigenvalue weighted by molar-refractivity contribution is 7.95. The van der Waals surface area contributed by atoms with Gasteiger partial charge in [-0.25, -0.2) is 0 Å². The largest absolute Gasteiger partial charge is 0.497 e. The van der Waals surface area contributed by atoms with Crippen molar-refractivity contribution < 1.29 is 14.2 Å². The molecule has 4 heteroatoms. The third kappa shape index (κ3) is 5.31. The van der Waals surface area contributed by atoms with Crippen molar-refractivity contribution in [2.24, 2.45) is 0 Å². The molecule has 0 fully saturated rings. The van der Waals surface area contributed by atoms with Crippen LogP contribution in [0.2, 0.25) is 0 Å². The molecule has 0 N–H and O–H groups in total. The second-order valence-electron chi connectivity index (χ2n) is 6.10. The Balaban J connectivity index is 0.00000136. The summed E-state index contributed by atoms with van der Waals surface area (Å²) in [5.41, 5.74) is 0. The quantitative estimate of drug-likeness (QED) is 0.514. The average Bonchev–Trinajstić information content (AvgIpc) is 2.80. The third-order valence-electron chi connectivity index (χ3n) is 4.77. The zero-order chi connectivity index (χ0) is 20.6. The van der Waals surface area contributed by atoms with Gasteiger partial charge in [0.1, 0.15) is 40.4 Å². The summed E-state index contributed by atoms with van der Waals surface area (Å²) in [6, 6.07) is 25.2. The van der Waals surface area contributed by atoms with Gasteiger partial charge >= 0.3 is 0 Å². The second-order valence-corrected chi connectivity index (χ2v) is 9.66. The number of hydrogen-bond acceptors (Lipinski definition) is 3. The Morgan fingerprint density at radius 1 is 0.483 bits per heavy atom. The van der Waals surface area contributed by atoms with E-state index in [-0.39, 0.29) is 7.43 Å². The summed E-state index contributed by atoms with van der Waals surface area (Å²) in [7, 11) is 3.29. The first-order valence-electron chi connectivity index (χ1n) is 9.42. The molecule has 0 aromatic heterocycles. The van der Waals surface area contributed by atoms with E-state index in [1.807, 2.05) is 50.2 Å². The minimum absolute atomic E-state index is 0. The molecule has 0 radical (unpaired) electrons. The van der Waals surface area contributed by atoms with Crippen LogP contribution in [0, 0.1) is 0 Å². The standard InChI is InChI=1S/C22H24O3P.C2H6.CH4/c1-23-17-5-11-20(12-6-17)26(4,21-13-7-18(24-2)8-14-21)22-15-9-19(25-3)10-16-22;1-2;/h5-16H,1-4H3;1-2H3;1H4/q+1;;. The molecule has 0 aliphatic heterocycles. The minimum Gasteiger partial charge on any atom is -0.497 e. The van der Waals surface area contributed by atoms with Gasteiger partial charge in [0.15, 0.2) is 0 Å². The summed E-state index contributed by atoms with van der Waals surface area (Å²) in [6.45, 7) is 6.35. The number of hydrogen-bond donors (Lipinski definition) is 0. The molecule has 3 aromatic rings. The van der Waals surface area contributed by atoms with E-state index in [1.165, 1.54) is 15.9 Å². The fourth-order valence-corrected chi connectivity index (χ4v) is 6.22. The molecule has 3 rings (SSSR count). The van der Waals surface area contributed by atoms with E-state index in [4.69, 9.17) is 14.2 Å². The Morgan fingerprint density at radius 3 is 0.862 bits per heavy atom. The molecular weight excluding hydrogens is 379 g/mol. The van der Waals surface area contributed by atoms with E-state index >= 15 is 0 Å². The molecule has 3 nitrogen and oxygen atoms in total. The Bertz CT molecular complexity index is 725. The summed E-state index contributed by atoms with van der Waals surface area (Å²) >= 11 is 0. The Labute approximate surface area is 177 Å². The number of ether oxygens (including phenoxy) is 3. The van der Waals surface area contributed by atoms with Gasteiger partial charge < -0.3 is 14.2 Å². The third-order valence-corrected chi connectivity index (χ3v) is 8.76. The van der Waals surface area contributed by atoms with Crippen LogP contribution < -0.4 is 30.1 Å². The fraction of sp³-hybridized carbons (Fsp3) is 0.280. The van der Waals surface area contributed by atoms with E-state index in [0.717, 1.165) is 17.2 Å². The zero-order valence-corrected chi connectivity index (χ0v) is 18.5. The van der Waals surface area contributed by atoms with Crippen molar-refractivity contribution in [3.8, 4) is 17.2 Å². The molecule has 3 aromatic carbocycles. The van der Waals surface area contributed by atoms with E-state index in [0.29, 0.717) is 0 Å². The monoisotopic (exact) mass is 413 g/mol. The first-order chi connectivity index (χ1) is 13.6. The van der Waals surface area contributed by atoms with Crippen molar-refractivity contribution >= 4 is 23.2 Å². The van der Waals surface area contributed by atoms with Crippen LogP contribution in [0.1, 0.15) is 21.3 Å². The number of benzene rings is 3. The van der Waals surface area contributed by atoms with Gasteiger partial charge in [0.2, 0.25) is 0 Å². The molecule has 0 bridgehead atoms. The minimum atomic E-state index is -1.78. The van der Waals surface area contributed by atoms with Crippen LogP contribution in [0.3, 0.4) is 0 Å². The molecule has 0 spiro atoms. The smallest absolute Gasteiger partial charge is 0.119 e. The van der Waals surface area contributed by atoms with E-state index in [9.17, 15) is 0 Å². The normalized spacial score (nSPS) is 10.1. The van der Waals surface area contributed by atoms with Crippen LogP contribution >= 0.6 is 7.26 Å². The highest BCUT2D eigenvalue weighted by Crippen LogP contribution is 2.52. The van der Waals surface area contributed by atoms with Gasteiger partial charge in [0.25, 0.3) is 0 Å². The van der Waals surface area contributed by atoms with Gasteiger partial charge in [-0.2, -0.15) is 0 Å². The molecule has 0 heterocycles. The van der Waals surface area contributed by atoms with Crippen molar-refractivity contribution in [1.82, 2.24) is 0 Å². The predicted molar refractivity (Wildman–Crippen MR) is 129 cm³/mol. The maximum Gasteiger partial charge on any atom is 0.119 e. The van der Waals surface area contributed by atoms with Gasteiger partial charge in [-0.15, -0.1) is 0 Å². The van der Waals surface area contributed by atoms with E-state index in [2.05, 4.69) is 43.1 Å². The van der Waals surface area contributed by atoms with Crippen molar-refractivity contribution in [3.05, 3.63) is 72.8 Å². The average molecular weight is 414 g/mol. The first kappa shape index (κ1) is 24.5. The molecule has 0 atom stereocenters. The maximum atomic E-state index is 5.33. The SMILES string of the molecule is C.CC.COc1ccc([P+](C)(c2ccc(OC)cc2)c2ccc(OC)cc2)cc1. The van der Waals surface area contributed by atoms with Crippen LogP contribution in [0.4, 0.5) is 0 Å². The fourth-order valence-electron chi connectivity index (χ4n) is 3.09. The molecule has 0 saturated carbocycles. The van der Waals surface area contributed by atoms with Crippen molar-refractivity contribution in [3.63, 3.8) is 0 Å². The van der Waals surface area contributed by atoms with Crippen LogP contribution in [-0.4, -0.2) is 28.0 Å². The van der Waals surface area contributed by atoms with Gasteiger partial charge in [-0.3, -0.25) is 0 Å². The summed E-state index contributed by atoms with van der Waals surface area (Å²) in [4.78, 5) is 0. The predicted octanol–water partition coefficient (Wildman–Crippen LogP) is 5.30. The summed E-state index contributed by atoms with van der Waals surface area (Å²) in [5, 5.41) is 3.90. The molecule has 0 unspecified atom stereocenters. The summed E-state index contributed by atoms with van der Waals surface area (Å²) in [5.74, 6) is 2.60. The highest BCUT2D eigenvalue weighted by atomic mass is 31.2. The van der Waals surface area contributed by atoms with Crippen molar-refractivity contribution in [2.45, 2.75) is 21.3 Å². The first-order valence-corrected chi connectivity index (χ1v) is 11.7. The Morgan fingerprint density at radius 2 is 0.690 bits per heavy atom. The lowest BCUT2D eigenvalue weighted by molar-refractivity contribution is 0.415. The topological polar surface area (TPSA) is 27.7 Å².